The van der Waals surface area contributed by atoms with Crippen LogP contribution in [0.2, 0.25) is 5.02 Å². The number of rotatable bonds is 4. The Bertz CT molecular complexity index is 796. The molecule has 2 N–H and O–H groups in total. The number of carbonyl (C=O) groups excluding carboxylic acids is 2. The lowest BCUT2D eigenvalue weighted by atomic mass is 10.2. The van der Waals surface area contributed by atoms with Crippen molar-refractivity contribution in [3.63, 3.8) is 0 Å². The predicted octanol–water partition coefficient (Wildman–Crippen LogP) is -0.361. The monoisotopic (exact) mass is 408 g/mol. The van der Waals surface area contributed by atoms with Gasteiger partial charge in [0.15, 0.2) is 6.04 Å². The van der Waals surface area contributed by atoms with E-state index in [9.17, 15) is 22.4 Å². The fourth-order valence-electron chi connectivity index (χ4n) is 2.68. The first kappa shape index (κ1) is 20.6. The van der Waals surface area contributed by atoms with Crippen LogP contribution in [-0.4, -0.2) is 64.1 Å². The number of quaternary nitrogens is 1. The third-order valence-electron chi connectivity index (χ3n) is 4.31. The average molecular weight is 409 g/mol. The van der Waals surface area contributed by atoms with Gasteiger partial charge in [0.1, 0.15) is 5.82 Å². The molecule has 1 aliphatic rings. The number of imide groups is 1. The number of hydrogen-bond donors (Lipinski definition) is 2. The zero-order valence-electron chi connectivity index (χ0n) is 14.3. The number of carbonyl (C=O) groups is 2. The molecule has 0 unspecified atom stereocenters. The molecular weight excluding hydrogens is 389 g/mol. The number of alkyl carbamates (subject to hydrolysis) is 1. The molecule has 1 atom stereocenters. The topological polar surface area (TPSA) is 97.2 Å². The zero-order chi connectivity index (χ0) is 19.5. The van der Waals surface area contributed by atoms with Gasteiger partial charge in [-0.3, -0.25) is 10.1 Å². The smallest absolute Gasteiger partial charge is 0.413 e. The Labute approximate surface area is 155 Å². The van der Waals surface area contributed by atoms with Gasteiger partial charge in [-0.1, -0.05) is 11.6 Å². The fourth-order valence-corrected chi connectivity index (χ4v) is 4.39. The standard InChI is InChI=1S/C15H19ClFN3O5S/c1-10(14(21)18-15(22)25-2)19-5-7-20(8-6-19)26(23,24)11-3-4-13(17)12(16)9-11/h3-4,9-10H,5-8H2,1-2H3,(H,18,21,22)/p+1/t10-/m1/s1. The summed E-state index contributed by atoms with van der Waals surface area (Å²) in [5, 5.41) is 1.84. The maximum absolute atomic E-state index is 13.2. The van der Waals surface area contributed by atoms with Gasteiger partial charge in [0, 0.05) is 0 Å². The number of halogens is 2. The lowest BCUT2D eigenvalue weighted by Crippen LogP contribution is -3.19. The van der Waals surface area contributed by atoms with E-state index in [1.54, 1.807) is 6.92 Å². The normalized spacial score (nSPS) is 17.5. The fraction of sp³-hybridized carbons (Fsp3) is 0.467. The summed E-state index contributed by atoms with van der Waals surface area (Å²) in [5.74, 6) is -1.18. The average Bonchev–Trinajstić information content (AvgIpc) is 2.63. The number of piperazine rings is 1. The number of ether oxygens (including phenoxy) is 1. The Balaban J connectivity index is 2.02. The van der Waals surface area contributed by atoms with Crippen LogP contribution in [0, 0.1) is 5.82 Å². The highest BCUT2D eigenvalue weighted by atomic mass is 35.5. The number of hydrogen-bond acceptors (Lipinski definition) is 5. The molecule has 1 aliphatic heterocycles. The molecule has 26 heavy (non-hydrogen) atoms. The van der Waals surface area contributed by atoms with Crippen LogP contribution >= 0.6 is 11.6 Å². The van der Waals surface area contributed by atoms with Crippen molar-refractivity contribution >= 4 is 33.6 Å². The van der Waals surface area contributed by atoms with Crippen LogP contribution in [0.25, 0.3) is 0 Å². The van der Waals surface area contributed by atoms with E-state index in [2.05, 4.69) is 10.1 Å². The van der Waals surface area contributed by atoms with Gasteiger partial charge in [-0.05, 0) is 25.1 Å². The van der Waals surface area contributed by atoms with Gasteiger partial charge in [0.05, 0.1) is 43.2 Å². The quantitative estimate of drug-likeness (QED) is 0.709. The van der Waals surface area contributed by atoms with Gasteiger partial charge in [-0.15, -0.1) is 0 Å². The first-order valence-electron chi connectivity index (χ1n) is 7.85. The molecule has 1 saturated heterocycles. The minimum Gasteiger partial charge on any atom is -0.453 e. The molecule has 1 aromatic carbocycles. The van der Waals surface area contributed by atoms with E-state index in [0.29, 0.717) is 13.1 Å². The van der Waals surface area contributed by atoms with E-state index < -0.39 is 33.9 Å². The Kier molecular flexibility index (Phi) is 6.56. The van der Waals surface area contributed by atoms with E-state index in [0.717, 1.165) is 24.1 Å². The Morgan fingerprint density at radius 2 is 1.96 bits per heavy atom. The second-order valence-corrected chi connectivity index (χ2v) is 8.19. The van der Waals surface area contributed by atoms with E-state index in [-0.39, 0.29) is 23.0 Å². The van der Waals surface area contributed by atoms with Crippen LogP contribution in [0.1, 0.15) is 6.92 Å². The molecule has 0 spiro atoms. The molecule has 8 nitrogen and oxygen atoms in total. The molecule has 0 aliphatic carbocycles. The third-order valence-corrected chi connectivity index (χ3v) is 6.49. The largest absolute Gasteiger partial charge is 0.453 e. The highest BCUT2D eigenvalue weighted by Gasteiger charge is 2.35. The minimum absolute atomic E-state index is 0.0798. The molecule has 11 heteroatoms. The molecular formula is C15H20ClFN3O5S+. The summed E-state index contributed by atoms with van der Waals surface area (Å²) in [6.07, 6.45) is -0.837. The van der Waals surface area contributed by atoms with E-state index in [4.69, 9.17) is 11.6 Å². The third kappa shape index (κ3) is 4.50. The lowest BCUT2D eigenvalue weighted by molar-refractivity contribution is -0.917. The van der Waals surface area contributed by atoms with Crippen molar-refractivity contribution in [3.8, 4) is 0 Å². The van der Waals surface area contributed by atoms with Crippen LogP contribution in [-0.2, 0) is 19.6 Å². The van der Waals surface area contributed by atoms with Crippen molar-refractivity contribution in [2.24, 2.45) is 0 Å². The van der Waals surface area contributed by atoms with Crippen molar-refractivity contribution in [2.45, 2.75) is 17.9 Å². The Morgan fingerprint density at radius 1 is 1.35 bits per heavy atom. The molecule has 1 heterocycles. The van der Waals surface area contributed by atoms with Crippen molar-refractivity contribution in [1.29, 1.82) is 0 Å². The number of amides is 2. The zero-order valence-corrected chi connectivity index (χ0v) is 15.9. The van der Waals surface area contributed by atoms with Crippen LogP contribution in [0.15, 0.2) is 23.1 Å². The van der Waals surface area contributed by atoms with Crippen LogP contribution in [0.5, 0.6) is 0 Å². The van der Waals surface area contributed by atoms with Gasteiger partial charge in [0.25, 0.3) is 5.91 Å². The van der Waals surface area contributed by atoms with Crippen molar-refractivity contribution in [1.82, 2.24) is 9.62 Å². The highest BCUT2D eigenvalue weighted by Crippen LogP contribution is 2.22. The van der Waals surface area contributed by atoms with Gasteiger partial charge < -0.3 is 9.64 Å². The number of methoxy groups -OCH3 is 1. The first-order chi connectivity index (χ1) is 12.2. The molecule has 1 fully saturated rings. The molecule has 0 bridgehead atoms. The molecule has 0 aromatic heterocycles. The molecule has 144 valence electrons. The Hall–Kier alpha value is -1.75. The van der Waals surface area contributed by atoms with Gasteiger partial charge >= 0.3 is 6.09 Å². The lowest BCUT2D eigenvalue weighted by Gasteiger charge is -2.34. The summed E-state index contributed by atoms with van der Waals surface area (Å²) >= 11 is 5.67. The van der Waals surface area contributed by atoms with Crippen LogP contribution in [0.3, 0.4) is 0 Å². The second-order valence-electron chi connectivity index (χ2n) is 5.84. The molecule has 0 saturated carbocycles. The maximum atomic E-state index is 13.2. The summed E-state index contributed by atoms with van der Waals surface area (Å²) in [5.41, 5.74) is 0. The van der Waals surface area contributed by atoms with Gasteiger partial charge in [-0.2, -0.15) is 4.31 Å². The number of nitrogens with one attached hydrogen (secondary N) is 2. The molecule has 1 aromatic rings. The summed E-state index contributed by atoms with van der Waals surface area (Å²) < 4.78 is 44.2. The molecule has 2 rings (SSSR count). The second kappa shape index (κ2) is 8.30. The van der Waals surface area contributed by atoms with E-state index in [1.807, 2.05) is 0 Å². The van der Waals surface area contributed by atoms with Crippen molar-refractivity contribution < 1.29 is 32.0 Å². The Morgan fingerprint density at radius 3 is 2.50 bits per heavy atom. The summed E-state index contributed by atoms with van der Waals surface area (Å²) in [6.45, 7) is 2.77. The van der Waals surface area contributed by atoms with Crippen LogP contribution in [0.4, 0.5) is 9.18 Å². The van der Waals surface area contributed by atoms with Crippen molar-refractivity contribution in [2.75, 3.05) is 33.3 Å². The van der Waals surface area contributed by atoms with Crippen molar-refractivity contribution in [3.05, 3.63) is 29.0 Å². The SMILES string of the molecule is COC(=O)NC(=O)[C@@H](C)[NH+]1CCN(S(=O)(=O)c2ccc(F)c(Cl)c2)CC1. The maximum Gasteiger partial charge on any atom is 0.413 e. The number of nitrogens with zero attached hydrogens (tertiary/aromatic N) is 1. The number of benzene rings is 1. The minimum atomic E-state index is -3.80. The molecule has 2 amide bonds. The summed E-state index contributed by atoms with van der Waals surface area (Å²) in [6, 6.07) is 2.72. The van der Waals surface area contributed by atoms with E-state index >= 15 is 0 Å². The van der Waals surface area contributed by atoms with Gasteiger partial charge in [0.2, 0.25) is 10.0 Å². The first-order valence-corrected chi connectivity index (χ1v) is 9.67. The van der Waals surface area contributed by atoms with E-state index in [1.165, 1.54) is 10.4 Å². The summed E-state index contributed by atoms with van der Waals surface area (Å²) in [4.78, 5) is 23.8. The number of sulfonamides is 1. The van der Waals surface area contributed by atoms with Gasteiger partial charge in [-0.25, -0.2) is 17.6 Å². The predicted molar refractivity (Wildman–Crippen MR) is 90.9 cm³/mol. The highest BCUT2D eigenvalue weighted by molar-refractivity contribution is 7.89. The summed E-state index contributed by atoms with van der Waals surface area (Å²) in [7, 11) is -2.64. The molecule has 0 radical (unpaired) electrons. The van der Waals surface area contributed by atoms with Crippen LogP contribution < -0.4 is 10.2 Å².